The Labute approximate surface area is 769 Å². The van der Waals surface area contributed by atoms with Crippen molar-refractivity contribution in [2.75, 3.05) is 73.3 Å². The summed E-state index contributed by atoms with van der Waals surface area (Å²) in [6.07, 6.45) is 11.8. The van der Waals surface area contributed by atoms with Gasteiger partial charge in [0.25, 0.3) is 0 Å². The second kappa shape index (κ2) is 44.3. The van der Waals surface area contributed by atoms with Gasteiger partial charge in [0.15, 0.2) is 22.8 Å². The van der Waals surface area contributed by atoms with Crippen molar-refractivity contribution < 1.29 is 101 Å². The zero-order chi connectivity index (χ0) is 95.8. The summed E-state index contributed by atoms with van der Waals surface area (Å²) in [5.41, 5.74) is 14.2. The highest BCUT2D eigenvalue weighted by molar-refractivity contribution is 6.64. The molecule has 0 spiro atoms. The molecule has 31 heteroatoms. The number of carbonyl (C=O) groups is 10. The fourth-order valence-corrected chi connectivity index (χ4v) is 15.8. The zero-order valence-electron chi connectivity index (χ0n) is 78.4. The van der Waals surface area contributed by atoms with E-state index in [4.69, 9.17) is 65.2 Å². The first-order valence-corrected chi connectivity index (χ1v) is 45.1. The number of rotatable bonds is 21. The number of Topliss-reactive ketones (excluding diaryl/α,β-unsaturated/α-hetero) is 3. The summed E-state index contributed by atoms with van der Waals surface area (Å²) >= 11 is 5.04. The summed E-state index contributed by atoms with van der Waals surface area (Å²) in [6, 6.07) is 31.6. The van der Waals surface area contributed by atoms with Crippen LogP contribution in [0.4, 0.5) is 25.8 Å². The molecule has 3 aliphatic heterocycles. The molecule has 706 valence electrons. The Balaban J connectivity index is 0.000000166. The number of likely N-dealkylation sites (tertiary alicyclic amines) is 3. The van der Waals surface area contributed by atoms with Gasteiger partial charge in [-0.25, -0.2) is 24.0 Å². The molecule has 3 saturated heterocycles. The average Bonchev–Trinajstić information content (AvgIpc) is 1.76. The molecular weight excluding hydrogens is 1700 g/mol. The van der Waals surface area contributed by atoms with Crippen LogP contribution in [0, 0.1) is 23.7 Å². The predicted octanol–water partition coefficient (Wildman–Crippen LogP) is 17.5. The zero-order valence-corrected chi connectivity index (χ0v) is 79.2. The van der Waals surface area contributed by atoms with E-state index in [2.05, 4.69) is 33.2 Å². The van der Waals surface area contributed by atoms with E-state index in [1.807, 2.05) is 76.2 Å². The first kappa shape index (κ1) is 101. The van der Waals surface area contributed by atoms with Gasteiger partial charge in [-0.3, -0.25) is 53.4 Å². The minimum atomic E-state index is -0.989. The molecular formula is C100H127ClN8O22. The lowest BCUT2D eigenvalue weighted by atomic mass is 9.92. The van der Waals surface area contributed by atoms with Crippen molar-refractivity contribution in [1.82, 2.24) is 29.7 Å². The molecule has 0 bridgehead atoms. The number of carboxylic acid groups (broad SMARTS) is 1. The largest absolute Gasteiger partial charge is 0.497 e. The number of halogens is 1. The van der Waals surface area contributed by atoms with Gasteiger partial charge in [-0.1, -0.05) is 6.92 Å². The molecule has 131 heavy (non-hydrogen) atoms. The molecule has 8 fully saturated rings. The SMILES string of the molecule is CCC(=O)[C@@H]1C[C@@H](Cc2cc(C3CC3)nc3cc(OC)ccc23)CN1C(=O)OC(C)(C)C.COC(=O)[C@@H]1C[C@H](O)CN1C(=O)OC(C)(C)C.COc1ccc(C(C)=O)c(N)c1.COc1ccc(C(C)=O)c(NC(=O)C2CC2)c1.COc1ccc2c(=O)cc(C3CC3)[nH]c2c1.COc1ccc2c(C[C@@H]3C[C@@H](C(=O)O)N(C(=O)OC(C)(C)C)C3)cc(C3CC3)nc2c1.O=C(Cl)C1CC1. The Bertz CT molecular complexity index is 5540. The summed E-state index contributed by atoms with van der Waals surface area (Å²) in [5.74, 6) is 4.27. The Morgan fingerprint density at radius 2 is 0.908 bits per heavy atom. The summed E-state index contributed by atoms with van der Waals surface area (Å²) in [6.45, 7) is 21.9. The third-order valence-electron chi connectivity index (χ3n) is 23.1. The van der Waals surface area contributed by atoms with Gasteiger partial charge in [-0.15, -0.1) is 0 Å². The molecule has 3 aromatic heterocycles. The van der Waals surface area contributed by atoms with E-state index in [0.29, 0.717) is 90.5 Å². The lowest BCUT2D eigenvalue weighted by Gasteiger charge is -2.27. The molecule has 5 aliphatic carbocycles. The molecule has 5 saturated carbocycles. The van der Waals surface area contributed by atoms with Gasteiger partial charge in [0, 0.05) is 136 Å². The maximum absolute atomic E-state index is 12.9. The standard InChI is InChI=1S/C26H34N2O4.C24H30N2O5.C13H15NO3.C13H13NO2.C11H19NO5.C9H11NO2.C4H5ClO/c1-6-24(29)23-12-16(15-28(23)25(30)32-26(2,3)4)11-18-13-21(17-7-8-17)27-22-14-19(31-5)9-10-20(18)22;1-24(2,3)31-23(29)26-13-14(10-21(26)22(27)28)9-16-11-19(15-5-6-15)25-20-12-17(30-4)7-8-18(16)20;1-8(15)11-6-5-10(17-2)7-12(11)14-13(16)9-3-4-9;1-16-9-4-5-10-12(6-9)14-11(7-13(10)15)8-2-3-8;1-11(2,3)17-10(15)12-6-7(13)5-8(12)9(14)16-4;1-6(11)8-4-3-7(12-2)5-9(8)10;5-4(6)3-1-2-3/h9-10,13-14,16-17,23H,6-8,11-12,15H2,1-5H3;7-8,11-12,14-15,21H,5-6,9-10,13H2,1-4H3,(H,27,28);5-7,9H,3-4H2,1-2H3,(H,14,16);4-8H,2-3H2,1H3,(H,14,15);7-8,13H,5-6H2,1-4H3;3-5H,10H2,1-2H3;3H,1-2H2/t16-,23+;14-,21+;;;7-,8-;;/m11..0../s1. The number of esters is 1. The van der Waals surface area contributed by atoms with Crippen LogP contribution >= 0.6 is 11.6 Å². The maximum atomic E-state index is 12.9. The van der Waals surface area contributed by atoms with E-state index < -0.39 is 71.3 Å². The number of benzene rings is 5. The van der Waals surface area contributed by atoms with Gasteiger partial charge in [-0.2, -0.15) is 0 Å². The van der Waals surface area contributed by atoms with Crippen LogP contribution in [0.2, 0.25) is 0 Å². The van der Waals surface area contributed by atoms with Crippen LogP contribution in [-0.2, 0) is 55.8 Å². The van der Waals surface area contributed by atoms with Crippen molar-refractivity contribution in [3.05, 3.63) is 159 Å². The number of pyridine rings is 3. The molecule has 6 heterocycles. The van der Waals surface area contributed by atoms with Crippen LogP contribution in [-0.4, -0.2) is 202 Å². The molecule has 8 aliphatic rings. The number of carboxylic acids is 1. The van der Waals surface area contributed by atoms with Gasteiger partial charge < -0.3 is 68.9 Å². The summed E-state index contributed by atoms with van der Waals surface area (Å²) < 4.78 is 46.8. The van der Waals surface area contributed by atoms with Crippen LogP contribution in [0.5, 0.6) is 28.7 Å². The van der Waals surface area contributed by atoms with Gasteiger partial charge in [0.05, 0.1) is 83.6 Å². The highest BCUT2D eigenvalue weighted by Crippen LogP contribution is 2.45. The number of aliphatic hydroxyl groups excluding tert-OH is 1. The molecule has 6 N–H and O–H groups in total. The van der Waals surface area contributed by atoms with Crippen molar-refractivity contribution in [3.63, 3.8) is 0 Å². The monoisotopic (exact) mass is 1830 g/mol. The summed E-state index contributed by atoms with van der Waals surface area (Å²) in [7, 11) is 9.30. The number of hydrogen-bond acceptors (Lipinski definition) is 24. The lowest BCUT2D eigenvalue weighted by Crippen LogP contribution is -2.43. The lowest BCUT2D eigenvalue weighted by molar-refractivity contribution is -0.145. The van der Waals surface area contributed by atoms with Crippen LogP contribution in [0.3, 0.4) is 0 Å². The number of methoxy groups -OCH3 is 6. The second-order valence-electron chi connectivity index (χ2n) is 37.4. The van der Waals surface area contributed by atoms with Crippen molar-refractivity contribution in [3.8, 4) is 28.7 Å². The Kier molecular flexibility index (Phi) is 34.3. The second-order valence-corrected chi connectivity index (χ2v) is 37.8. The Morgan fingerprint density at radius 3 is 1.31 bits per heavy atom. The minimum absolute atomic E-state index is 0.0132. The van der Waals surface area contributed by atoms with Crippen molar-refractivity contribution >= 4 is 114 Å². The van der Waals surface area contributed by atoms with E-state index in [-0.39, 0.29) is 70.6 Å². The molecule has 30 nitrogen and oxygen atoms in total. The normalized spacial score (nSPS) is 18.9. The van der Waals surface area contributed by atoms with E-state index in [1.165, 1.54) is 62.0 Å². The number of H-pyrrole nitrogens is 1. The predicted molar refractivity (Wildman–Crippen MR) is 498 cm³/mol. The highest BCUT2D eigenvalue weighted by Gasteiger charge is 2.45. The molecule has 6 atom stereocenters. The maximum Gasteiger partial charge on any atom is 0.411 e. The number of aliphatic carboxylic acids is 1. The number of β-amino-alcohol motifs (C(OH)–C–C–N with tert-alkyl or cyclic N) is 1. The fraction of sp³-hybridized carbons (Fsp3) is 0.510. The Hall–Kier alpha value is -11.9. The summed E-state index contributed by atoms with van der Waals surface area (Å²) in [5, 5.41) is 24.7. The molecule has 16 rings (SSSR count). The molecule has 0 unspecified atom stereocenters. The highest BCUT2D eigenvalue weighted by atomic mass is 35.5. The van der Waals surface area contributed by atoms with E-state index in [1.54, 1.807) is 124 Å². The third kappa shape index (κ3) is 29.3. The van der Waals surface area contributed by atoms with E-state index in [9.17, 15) is 63.0 Å². The average molecular weight is 1830 g/mol. The van der Waals surface area contributed by atoms with E-state index in [0.717, 1.165) is 118 Å². The summed E-state index contributed by atoms with van der Waals surface area (Å²) in [4.78, 5) is 146. The molecule has 8 aromatic rings. The van der Waals surface area contributed by atoms with Crippen LogP contribution < -0.4 is 40.2 Å². The van der Waals surface area contributed by atoms with Gasteiger partial charge in [0.2, 0.25) is 11.1 Å². The number of carbonyl (C=O) groups excluding carboxylic acids is 9. The number of fused-ring (bicyclic) bond motifs is 3. The van der Waals surface area contributed by atoms with Crippen LogP contribution in [0.15, 0.2) is 114 Å². The van der Waals surface area contributed by atoms with Crippen LogP contribution in [0.25, 0.3) is 32.7 Å². The third-order valence-corrected chi connectivity index (χ3v) is 23.4. The van der Waals surface area contributed by atoms with Crippen molar-refractivity contribution in [1.29, 1.82) is 0 Å². The van der Waals surface area contributed by atoms with Crippen LogP contribution in [0.1, 0.15) is 240 Å². The number of hydrogen-bond donors (Lipinski definition) is 5. The topological polar surface area (TPSA) is 401 Å². The number of aromatic amines is 1. The first-order chi connectivity index (χ1) is 61.9. The Morgan fingerprint density at radius 1 is 0.496 bits per heavy atom. The number of aromatic nitrogens is 3. The number of nitrogens with zero attached hydrogens (tertiary/aromatic N) is 5. The molecule has 4 amide bonds. The number of ether oxygens (including phenoxy) is 9. The van der Waals surface area contributed by atoms with Gasteiger partial charge >= 0.3 is 30.2 Å². The smallest absolute Gasteiger partial charge is 0.411 e. The first-order valence-electron chi connectivity index (χ1n) is 44.7. The number of amides is 4. The number of nitrogens with two attached hydrogens (primary N) is 1. The number of ketones is 3. The minimum Gasteiger partial charge on any atom is -0.497 e. The van der Waals surface area contributed by atoms with E-state index >= 15 is 0 Å². The van der Waals surface area contributed by atoms with Gasteiger partial charge in [0.1, 0.15) is 57.6 Å². The number of nitrogens with one attached hydrogen (secondary N) is 2. The number of anilines is 2. The van der Waals surface area contributed by atoms with Crippen molar-refractivity contribution in [2.45, 2.75) is 245 Å². The van der Waals surface area contributed by atoms with Gasteiger partial charge in [-0.05, 0) is 279 Å². The quantitative estimate of drug-likeness (QED) is 0.0147. The number of nitrogen functional groups attached to an aromatic ring is 1. The number of aliphatic hydroxyl groups is 1. The van der Waals surface area contributed by atoms with Crippen molar-refractivity contribution in [2.24, 2.45) is 23.7 Å². The fourth-order valence-electron chi connectivity index (χ4n) is 15.6. The molecule has 5 aromatic carbocycles. The molecule has 0 radical (unpaired) electrons.